The number of carbonyl (C=O) groups excluding carboxylic acids is 1. The van der Waals surface area contributed by atoms with Gasteiger partial charge in [-0.05, 0) is 56.5 Å². The summed E-state index contributed by atoms with van der Waals surface area (Å²) < 4.78 is 7.39. The molecule has 0 spiro atoms. The summed E-state index contributed by atoms with van der Waals surface area (Å²) >= 11 is 0. The maximum atomic E-state index is 12.8. The number of aryl methyl sites for hydroxylation is 1. The predicted octanol–water partition coefficient (Wildman–Crippen LogP) is 4.43. The molecule has 2 heterocycles. The lowest BCUT2D eigenvalue weighted by Gasteiger charge is -2.34. The molecular formula is C24H29N3O2. The molecule has 1 aromatic heterocycles. The Morgan fingerprint density at radius 2 is 1.76 bits per heavy atom. The largest absolute Gasteiger partial charge is 0.381 e. The highest BCUT2D eigenvalue weighted by Gasteiger charge is 2.25. The van der Waals surface area contributed by atoms with E-state index in [0.717, 1.165) is 42.6 Å². The molecule has 1 saturated heterocycles. The van der Waals surface area contributed by atoms with Gasteiger partial charge in [0, 0.05) is 48.4 Å². The SMILES string of the molecule is Cn1c(C(=O)Nc2ccc(C(C)(C)NC3CCOCC3)cc2)cc2ccccc21. The molecule has 0 radical (unpaired) electrons. The number of rotatable bonds is 5. The summed E-state index contributed by atoms with van der Waals surface area (Å²) in [7, 11) is 1.92. The van der Waals surface area contributed by atoms with E-state index in [0.29, 0.717) is 11.7 Å². The van der Waals surface area contributed by atoms with Crippen LogP contribution >= 0.6 is 0 Å². The summed E-state index contributed by atoms with van der Waals surface area (Å²) in [6.45, 7) is 6.05. The van der Waals surface area contributed by atoms with E-state index in [1.165, 1.54) is 5.56 Å². The van der Waals surface area contributed by atoms with Gasteiger partial charge in [-0.3, -0.25) is 4.79 Å². The summed E-state index contributed by atoms with van der Waals surface area (Å²) in [5.74, 6) is -0.101. The number of aromatic nitrogens is 1. The molecule has 0 bridgehead atoms. The standard InChI is InChI=1S/C24H29N3O2/c1-24(2,26-20-12-14-29-15-13-20)18-8-10-19(11-9-18)25-23(28)22-16-17-6-4-5-7-21(17)27(22)3/h4-11,16,20,26H,12-15H2,1-3H3,(H,25,28). The summed E-state index contributed by atoms with van der Waals surface area (Å²) in [5, 5.41) is 7.84. The van der Waals surface area contributed by atoms with Crippen molar-refractivity contribution in [2.45, 2.75) is 38.3 Å². The van der Waals surface area contributed by atoms with Crippen molar-refractivity contribution in [3.05, 3.63) is 65.9 Å². The predicted molar refractivity (Wildman–Crippen MR) is 117 cm³/mol. The van der Waals surface area contributed by atoms with E-state index in [1.807, 2.05) is 54.1 Å². The van der Waals surface area contributed by atoms with Crippen LogP contribution in [0.2, 0.25) is 0 Å². The molecule has 1 aliphatic heterocycles. The molecule has 1 fully saturated rings. The van der Waals surface area contributed by atoms with Gasteiger partial charge in [0.1, 0.15) is 5.69 Å². The normalized spacial score (nSPS) is 15.6. The highest BCUT2D eigenvalue weighted by molar-refractivity contribution is 6.06. The number of anilines is 1. The van der Waals surface area contributed by atoms with Gasteiger partial charge < -0.3 is 19.9 Å². The van der Waals surface area contributed by atoms with Gasteiger partial charge in [0.2, 0.25) is 0 Å². The quantitative estimate of drug-likeness (QED) is 0.676. The minimum Gasteiger partial charge on any atom is -0.381 e. The Balaban J connectivity index is 1.46. The number of hydrogen-bond donors (Lipinski definition) is 2. The van der Waals surface area contributed by atoms with Gasteiger partial charge in [-0.2, -0.15) is 0 Å². The van der Waals surface area contributed by atoms with Crippen LogP contribution in [0.4, 0.5) is 5.69 Å². The van der Waals surface area contributed by atoms with Gasteiger partial charge >= 0.3 is 0 Å². The lowest BCUT2D eigenvalue weighted by Crippen LogP contribution is -2.46. The Labute approximate surface area is 172 Å². The van der Waals surface area contributed by atoms with Crippen LogP contribution in [-0.4, -0.2) is 29.7 Å². The molecule has 5 nitrogen and oxygen atoms in total. The fraction of sp³-hybridized carbons (Fsp3) is 0.375. The van der Waals surface area contributed by atoms with E-state index < -0.39 is 0 Å². The van der Waals surface area contributed by atoms with Crippen LogP contribution in [0.15, 0.2) is 54.6 Å². The van der Waals surface area contributed by atoms with Crippen LogP contribution < -0.4 is 10.6 Å². The first-order valence-electron chi connectivity index (χ1n) is 10.3. The summed E-state index contributed by atoms with van der Waals surface area (Å²) in [6.07, 6.45) is 2.09. The number of carbonyl (C=O) groups is 1. The van der Waals surface area contributed by atoms with Crippen molar-refractivity contribution in [3.63, 3.8) is 0 Å². The molecule has 1 aliphatic rings. The molecule has 0 aliphatic carbocycles. The molecule has 1 amide bonds. The maximum absolute atomic E-state index is 12.8. The number of nitrogens with zero attached hydrogens (tertiary/aromatic N) is 1. The molecule has 2 N–H and O–H groups in total. The van der Waals surface area contributed by atoms with Crippen molar-refractivity contribution >= 4 is 22.5 Å². The minimum atomic E-state index is -0.139. The number of nitrogens with one attached hydrogen (secondary N) is 2. The van der Waals surface area contributed by atoms with Crippen LogP contribution in [0.5, 0.6) is 0 Å². The lowest BCUT2D eigenvalue weighted by molar-refractivity contribution is 0.0699. The van der Waals surface area contributed by atoms with Gasteiger partial charge in [-0.25, -0.2) is 0 Å². The fourth-order valence-electron chi connectivity index (χ4n) is 4.11. The Morgan fingerprint density at radius 3 is 2.45 bits per heavy atom. The highest BCUT2D eigenvalue weighted by atomic mass is 16.5. The number of para-hydroxylation sites is 1. The number of hydrogen-bond acceptors (Lipinski definition) is 3. The van der Waals surface area contributed by atoms with Crippen molar-refractivity contribution in [1.82, 2.24) is 9.88 Å². The molecule has 2 aromatic carbocycles. The first kappa shape index (κ1) is 19.7. The summed E-state index contributed by atoms with van der Waals surface area (Å²) in [5.41, 5.74) is 3.56. The van der Waals surface area contributed by atoms with E-state index in [-0.39, 0.29) is 11.4 Å². The second-order valence-electron chi connectivity index (χ2n) is 8.33. The number of amides is 1. The minimum absolute atomic E-state index is 0.101. The molecule has 4 rings (SSSR count). The number of benzene rings is 2. The third kappa shape index (κ3) is 4.21. The molecule has 0 atom stereocenters. The topological polar surface area (TPSA) is 55.3 Å². The number of ether oxygens (including phenoxy) is 1. The highest BCUT2D eigenvalue weighted by Crippen LogP contribution is 2.25. The second-order valence-corrected chi connectivity index (χ2v) is 8.33. The van der Waals surface area contributed by atoms with Crippen molar-refractivity contribution in [3.8, 4) is 0 Å². The lowest BCUT2D eigenvalue weighted by atomic mass is 9.92. The smallest absolute Gasteiger partial charge is 0.272 e. The molecule has 152 valence electrons. The maximum Gasteiger partial charge on any atom is 0.272 e. The van der Waals surface area contributed by atoms with Crippen LogP contribution in [0.1, 0.15) is 42.7 Å². The molecule has 29 heavy (non-hydrogen) atoms. The zero-order chi connectivity index (χ0) is 20.4. The van der Waals surface area contributed by atoms with Crippen molar-refractivity contribution < 1.29 is 9.53 Å². The van der Waals surface area contributed by atoms with E-state index in [4.69, 9.17) is 4.74 Å². The van der Waals surface area contributed by atoms with E-state index in [2.05, 4.69) is 36.6 Å². The van der Waals surface area contributed by atoms with Crippen LogP contribution in [0, 0.1) is 0 Å². The fourth-order valence-corrected chi connectivity index (χ4v) is 4.11. The van der Waals surface area contributed by atoms with Gasteiger partial charge in [-0.15, -0.1) is 0 Å². The molecule has 0 unspecified atom stereocenters. The zero-order valence-electron chi connectivity index (χ0n) is 17.4. The van der Waals surface area contributed by atoms with Gasteiger partial charge in [0.25, 0.3) is 5.91 Å². The van der Waals surface area contributed by atoms with Crippen molar-refractivity contribution in [1.29, 1.82) is 0 Å². The Kier molecular flexibility index (Phi) is 5.43. The zero-order valence-corrected chi connectivity index (χ0v) is 17.4. The van der Waals surface area contributed by atoms with Crippen molar-refractivity contribution in [2.75, 3.05) is 18.5 Å². The molecular weight excluding hydrogens is 362 g/mol. The number of fused-ring (bicyclic) bond motifs is 1. The van der Waals surface area contributed by atoms with Crippen molar-refractivity contribution in [2.24, 2.45) is 7.05 Å². The Hall–Kier alpha value is -2.63. The van der Waals surface area contributed by atoms with Crippen LogP contribution in [0.25, 0.3) is 10.9 Å². The third-order valence-corrected chi connectivity index (χ3v) is 5.84. The first-order valence-corrected chi connectivity index (χ1v) is 10.3. The summed E-state index contributed by atoms with van der Waals surface area (Å²) in [6, 6.07) is 18.5. The second kappa shape index (κ2) is 8.01. The average Bonchev–Trinajstić information content (AvgIpc) is 3.06. The van der Waals surface area contributed by atoms with Crippen LogP contribution in [0.3, 0.4) is 0 Å². The monoisotopic (exact) mass is 391 g/mol. The first-order chi connectivity index (χ1) is 13.9. The van der Waals surface area contributed by atoms with E-state index in [9.17, 15) is 4.79 Å². The van der Waals surface area contributed by atoms with Gasteiger partial charge in [0.05, 0.1) is 0 Å². The molecule has 5 heteroatoms. The Morgan fingerprint density at radius 1 is 1.07 bits per heavy atom. The van der Waals surface area contributed by atoms with Crippen LogP contribution in [-0.2, 0) is 17.3 Å². The van der Waals surface area contributed by atoms with Gasteiger partial charge in [0.15, 0.2) is 0 Å². The van der Waals surface area contributed by atoms with Gasteiger partial charge in [-0.1, -0.05) is 30.3 Å². The summed E-state index contributed by atoms with van der Waals surface area (Å²) in [4.78, 5) is 12.8. The third-order valence-electron chi connectivity index (χ3n) is 5.84. The van der Waals surface area contributed by atoms with E-state index in [1.54, 1.807) is 0 Å². The Bertz CT molecular complexity index is 999. The van der Waals surface area contributed by atoms with E-state index >= 15 is 0 Å². The average molecular weight is 392 g/mol. The molecule has 3 aromatic rings. The molecule has 0 saturated carbocycles.